The van der Waals surface area contributed by atoms with Crippen molar-refractivity contribution < 1.29 is 105 Å². The molecule has 2 fully saturated rings. The van der Waals surface area contributed by atoms with Gasteiger partial charge in [-0.05, 0) is 5.56 Å². The molecule has 5 unspecified atom stereocenters. The summed E-state index contributed by atoms with van der Waals surface area (Å²) in [6, 6.07) is 7.04. The van der Waals surface area contributed by atoms with E-state index in [0.717, 1.165) is 55.6 Å². The van der Waals surface area contributed by atoms with E-state index in [1.165, 1.54) is 0 Å². The Bertz CT molecular complexity index is 1720. The maximum absolute atomic E-state index is 12.8. The van der Waals surface area contributed by atoms with Crippen LogP contribution in [0.2, 0.25) is 0 Å². The summed E-state index contributed by atoms with van der Waals surface area (Å²) in [7, 11) is 1.03. The lowest BCUT2D eigenvalue weighted by molar-refractivity contribution is -0.361. The average molecular weight is 872 g/mol. The first-order chi connectivity index (χ1) is 28.8. The number of alkyl carbamates (subject to hydrolysis) is 1. The van der Waals surface area contributed by atoms with Gasteiger partial charge in [-0.3, -0.25) is 33.6 Å². The first-order valence-corrected chi connectivity index (χ1v) is 18.5. The molecule has 1 N–H and O–H groups in total. The van der Waals surface area contributed by atoms with E-state index in [-0.39, 0.29) is 6.61 Å². The van der Waals surface area contributed by atoms with Crippen molar-refractivity contribution in [3.63, 3.8) is 0 Å². The third kappa shape index (κ3) is 15.9. The summed E-state index contributed by atoms with van der Waals surface area (Å²) in [6.07, 6.45) is -18.2. The molecule has 61 heavy (non-hydrogen) atoms. The van der Waals surface area contributed by atoms with E-state index >= 15 is 0 Å². The fourth-order valence-corrected chi connectivity index (χ4v) is 6.02. The smallest absolute Gasteiger partial charge is 0.408 e. The summed E-state index contributed by atoms with van der Waals surface area (Å²) in [5, 5.41) is 2.31. The summed E-state index contributed by atoms with van der Waals surface area (Å²) >= 11 is 0. The SMILES string of the molecule is COC(=O)[C@H](COC1OC(COC(C)=O)C(O[C@@H]2O[C@@H](COC(C)=O)[C@H](OC(C)=O)[C@@H](OC(C)=O)[C@H]2OC(C)=O)C(OC(C)=O)C1OC(C)=O)NC(=O)OCc1ccccc1. The number of esters is 8. The number of rotatable bonds is 18. The number of benzene rings is 1. The van der Waals surface area contributed by atoms with E-state index in [0.29, 0.717) is 5.56 Å². The van der Waals surface area contributed by atoms with Crippen molar-refractivity contribution in [2.75, 3.05) is 26.9 Å². The van der Waals surface area contributed by atoms with Crippen molar-refractivity contribution in [3.8, 4) is 0 Å². The molecule has 338 valence electrons. The van der Waals surface area contributed by atoms with E-state index in [1.807, 2.05) is 0 Å². The number of hydrogen-bond acceptors (Lipinski definition) is 22. The number of carbonyl (C=O) groups is 9. The molecular formula is C38H49NO22. The van der Waals surface area contributed by atoms with Crippen LogP contribution in [0.25, 0.3) is 0 Å². The topological polar surface area (TPSA) is 286 Å². The second-order valence-corrected chi connectivity index (χ2v) is 13.3. The molecule has 0 saturated carbocycles. The van der Waals surface area contributed by atoms with Crippen LogP contribution in [0.1, 0.15) is 54.0 Å². The Balaban J connectivity index is 2.07. The molecule has 11 atom stereocenters. The molecule has 1 aromatic rings. The zero-order valence-corrected chi connectivity index (χ0v) is 34.5. The number of hydrogen-bond donors (Lipinski definition) is 1. The van der Waals surface area contributed by atoms with E-state index in [4.69, 9.17) is 61.6 Å². The maximum Gasteiger partial charge on any atom is 0.408 e. The Morgan fingerprint density at radius 3 is 1.49 bits per heavy atom. The Hall–Kier alpha value is -5.91. The molecule has 2 aliphatic rings. The number of amides is 1. The van der Waals surface area contributed by atoms with Crippen LogP contribution in [0.3, 0.4) is 0 Å². The zero-order chi connectivity index (χ0) is 45.4. The first kappa shape index (κ1) is 49.5. The normalized spacial score (nSPS) is 26.2. The molecule has 2 heterocycles. The van der Waals surface area contributed by atoms with Gasteiger partial charge in [0.15, 0.2) is 49.1 Å². The van der Waals surface area contributed by atoms with Gasteiger partial charge in [0.05, 0.1) is 13.7 Å². The minimum absolute atomic E-state index is 0.162. The summed E-state index contributed by atoms with van der Waals surface area (Å²) in [4.78, 5) is 112. The molecule has 0 radical (unpaired) electrons. The van der Waals surface area contributed by atoms with Gasteiger partial charge < -0.3 is 66.9 Å². The highest BCUT2D eigenvalue weighted by Crippen LogP contribution is 2.35. The second-order valence-electron chi connectivity index (χ2n) is 13.3. The molecule has 2 aliphatic heterocycles. The van der Waals surface area contributed by atoms with Gasteiger partial charge >= 0.3 is 53.8 Å². The van der Waals surface area contributed by atoms with Gasteiger partial charge in [-0.1, -0.05) is 30.3 Å². The van der Waals surface area contributed by atoms with Crippen LogP contribution in [-0.4, -0.2) is 148 Å². The third-order valence-electron chi connectivity index (χ3n) is 8.30. The van der Waals surface area contributed by atoms with Crippen LogP contribution < -0.4 is 5.32 Å². The fourth-order valence-electron chi connectivity index (χ4n) is 6.02. The van der Waals surface area contributed by atoms with Crippen LogP contribution >= 0.6 is 0 Å². The average Bonchev–Trinajstić information content (AvgIpc) is 3.17. The van der Waals surface area contributed by atoms with Crippen molar-refractivity contribution in [1.82, 2.24) is 5.32 Å². The summed E-state index contributed by atoms with van der Waals surface area (Å²) in [5.41, 5.74) is 0.638. The van der Waals surface area contributed by atoms with Crippen LogP contribution in [0, 0.1) is 0 Å². The molecule has 2 saturated heterocycles. The maximum atomic E-state index is 12.8. The molecule has 0 bridgehead atoms. The summed E-state index contributed by atoms with van der Waals surface area (Å²) < 4.78 is 72.2. The van der Waals surface area contributed by atoms with Gasteiger partial charge in [-0.2, -0.15) is 0 Å². The Kier molecular flexibility index (Phi) is 19.3. The van der Waals surface area contributed by atoms with E-state index in [1.54, 1.807) is 30.3 Å². The highest BCUT2D eigenvalue weighted by Gasteiger charge is 2.57. The van der Waals surface area contributed by atoms with E-state index in [9.17, 15) is 43.2 Å². The van der Waals surface area contributed by atoms with Crippen LogP contribution in [0.15, 0.2) is 30.3 Å². The van der Waals surface area contributed by atoms with Gasteiger partial charge in [0.2, 0.25) is 0 Å². The molecule has 0 aromatic heterocycles. The predicted molar refractivity (Wildman–Crippen MR) is 195 cm³/mol. The van der Waals surface area contributed by atoms with Crippen LogP contribution in [0.4, 0.5) is 4.79 Å². The molecule has 23 nitrogen and oxygen atoms in total. The predicted octanol–water partition coefficient (Wildman–Crippen LogP) is 0.0907. The molecular weight excluding hydrogens is 822 g/mol. The summed E-state index contributed by atoms with van der Waals surface area (Å²) in [5.74, 6) is -7.42. The lowest BCUT2D eigenvalue weighted by Crippen LogP contribution is -2.67. The van der Waals surface area contributed by atoms with Gasteiger partial charge in [0, 0.05) is 48.5 Å². The molecule has 3 rings (SSSR count). The largest absolute Gasteiger partial charge is 0.467 e. The monoisotopic (exact) mass is 871 g/mol. The van der Waals surface area contributed by atoms with Crippen molar-refractivity contribution in [1.29, 1.82) is 0 Å². The van der Waals surface area contributed by atoms with E-state index in [2.05, 4.69) is 5.32 Å². The number of nitrogens with one attached hydrogen (secondary N) is 1. The Morgan fingerprint density at radius 1 is 0.557 bits per heavy atom. The third-order valence-corrected chi connectivity index (χ3v) is 8.30. The molecule has 23 heteroatoms. The number of ether oxygens (including phenoxy) is 13. The Labute approximate surface area is 349 Å². The van der Waals surface area contributed by atoms with Gasteiger partial charge in [0.25, 0.3) is 0 Å². The standard InChI is InChI=1S/C38H49NO22/c1-18(40)50-16-27-29(54-20(3)42)31(55-21(4)43)34(58-24(7)46)37(60-27)61-30-28(17-51-19(2)41)59-36(33(57-23(6)45)32(30)56-22(5)44)52-15-26(35(47)49-8)39-38(48)53-14-25-12-10-9-11-13-25/h9-13,26-34,36-37H,14-17H2,1-8H3,(H,39,48)/t26-,27-,28?,29-,30?,31+,32?,33?,34+,36?,37-/m0/s1. The lowest BCUT2D eigenvalue weighted by atomic mass is 9.96. The minimum atomic E-state index is -1.91. The zero-order valence-electron chi connectivity index (χ0n) is 34.5. The minimum Gasteiger partial charge on any atom is -0.467 e. The van der Waals surface area contributed by atoms with Gasteiger partial charge in [-0.25, -0.2) is 9.59 Å². The fraction of sp³-hybridized carbons (Fsp3) is 0.605. The number of carbonyl (C=O) groups excluding carboxylic acids is 9. The lowest BCUT2D eigenvalue weighted by Gasteiger charge is -2.48. The van der Waals surface area contributed by atoms with Gasteiger partial charge in [-0.15, -0.1) is 0 Å². The Morgan fingerprint density at radius 2 is 1.00 bits per heavy atom. The van der Waals surface area contributed by atoms with Crippen LogP contribution in [0.5, 0.6) is 0 Å². The quantitative estimate of drug-likeness (QED) is 0.151. The molecule has 1 aromatic carbocycles. The van der Waals surface area contributed by atoms with Crippen molar-refractivity contribution >= 4 is 53.8 Å². The highest BCUT2D eigenvalue weighted by molar-refractivity contribution is 5.81. The van der Waals surface area contributed by atoms with Crippen molar-refractivity contribution in [2.45, 2.75) is 123 Å². The highest BCUT2D eigenvalue weighted by atomic mass is 16.8. The van der Waals surface area contributed by atoms with Crippen molar-refractivity contribution in [3.05, 3.63) is 35.9 Å². The molecule has 0 aliphatic carbocycles. The van der Waals surface area contributed by atoms with E-state index < -0.39 is 141 Å². The second kappa shape index (κ2) is 23.8. The van der Waals surface area contributed by atoms with Crippen LogP contribution in [-0.2, 0) is 107 Å². The number of methoxy groups -OCH3 is 1. The van der Waals surface area contributed by atoms with Gasteiger partial charge in [0.1, 0.15) is 38.1 Å². The summed E-state index contributed by atoms with van der Waals surface area (Å²) in [6.45, 7) is 4.88. The van der Waals surface area contributed by atoms with Crippen molar-refractivity contribution in [2.24, 2.45) is 0 Å². The molecule has 1 amide bonds. The first-order valence-electron chi connectivity index (χ1n) is 18.5. The molecule has 0 spiro atoms.